The fourth-order valence-corrected chi connectivity index (χ4v) is 1.88. The number of benzene rings is 1. The van der Waals surface area contributed by atoms with Crippen LogP contribution in [0.15, 0.2) is 12.1 Å². The van der Waals surface area contributed by atoms with Crippen LogP contribution in [0.25, 0.3) is 0 Å². The van der Waals surface area contributed by atoms with E-state index in [1.54, 1.807) is 6.07 Å². The van der Waals surface area contributed by atoms with E-state index in [4.69, 9.17) is 10.5 Å². The molecule has 0 aliphatic heterocycles. The molecule has 0 spiro atoms. The highest BCUT2D eigenvalue weighted by molar-refractivity contribution is 5.69. The van der Waals surface area contributed by atoms with Crippen LogP contribution >= 0.6 is 0 Å². The van der Waals surface area contributed by atoms with Gasteiger partial charge in [-0.15, -0.1) is 0 Å². The molecule has 1 aromatic carbocycles. The summed E-state index contributed by atoms with van der Waals surface area (Å²) in [6.45, 7) is 8.85. The minimum atomic E-state index is -0.414. The fourth-order valence-electron chi connectivity index (χ4n) is 1.88. The molecular formula is C14H23FN2O. The maximum atomic E-state index is 13.7. The predicted molar refractivity (Wildman–Crippen MR) is 74.7 cm³/mol. The molecular weight excluding hydrogens is 231 g/mol. The average molecular weight is 254 g/mol. The molecule has 1 rings (SSSR count). The van der Waals surface area contributed by atoms with Crippen molar-refractivity contribution in [2.24, 2.45) is 5.92 Å². The van der Waals surface area contributed by atoms with Crippen LogP contribution in [0.4, 0.5) is 15.8 Å². The van der Waals surface area contributed by atoms with Crippen LogP contribution in [-0.2, 0) is 0 Å². The van der Waals surface area contributed by atoms with Gasteiger partial charge < -0.3 is 15.4 Å². The van der Waals surface area contributed by atoms with Gasteiger partial charge in [0.1, 0.15) is 0 Å². The number of nitrogens with two attached hydrogens (primary N) is 1. The summed E-state index contributed by atoms with van der Waals surface area (Å²) in [7, 11) is 1.95. The zero-order valence-corrected chi connectivity index (χ0v) is 11.8. The van der Waals surface area contributed by atoms with E-state index >= 15 is 0 Å². The smallest absolute Gasteiger partial charge is 0.167 e. The zero-order valence-electron chi connectivity index (χ0n) is 11.8. The number of nitrogen functional groups attached to an aromatic ring is 1. The van der Waals surface area contributed by atoms with Crippen molar-refractivity contribution in [3.63, 3.8) is 0 Å². The molecule has 0 atom stereocenters. The Balaban J connectivity index is 3.04. The Bertz CT molecular complexity index is 405. The Labute approximate surface area is 109 Å². The van der Waals surface area contributed by atoms with E-state index < -0.39 is 5.82 Å². The summed E-state index contributed by atoms with van der Waals surface area (Å²) in [5.74, 6) is 0.349. The monoisotopic (exact) mass is 254 g/mol. The molecule has 102 valence electrons. The van der Waals surface area contributed by atoms with Gasteiger partial charge in [0.05, 0.1) is 17.5 Å². The summed E-state index contributed by atoms with van der Waals surface area (Å²) in [6, 6.07) is 3.00. The van der Waals surface area contributed by atoms with Gasteiger partial charge in [-0.3, -0.25) is 0 Å². The number of hydrogen-bond acceptors (Lipinski definition) is 3. The van der Waals surface area contributed by atoms with E-state index in [0.29, 0.717) is 11.6 Å². The molecule has 0 heterocycles. The Morgan fingerprint density at radius 2 is 1.89 bits per heavy atom. The van der Waals surface area contributed by atoms with Crippen molar-refractivity contribution in [3.05, 3.63) is 17.9 Å². The third-order valence-electron chi connectivity index (χ3n) is 2.49. The van der Waals surface area contributed by atoms with Crippen LogP contribution in [0.5, 0.6) is 5.75 Å². The second-order valence-electron chi connectivity index (χ2n) is 5.28. The average Bonchev–Trinajstić information content (AvgIpc) is 2.20. The third-order valence-corrected chi connectivity index (χ3v) is 2.49. The number of rotatable bonds is 5. The number of anilines is 2. The summed E-state index contributed by atoms with van der Waals surface area (Å²) < 4.78 is 19.1. The van der Waals surface area contributed by atoms with Crippen molar-refractivity contribution in [2.45, 2.75) is 33.8 Å². The molecule has 0 aliphatic carbocycles. The van der Waals surface area contributed by atoms with Gasteiger partial charge in [-0.1, -0.05) is 13.8 Å². The second-order valence-corrected chi connectivity index (χ2v) is 5.28. The molecule has 0 bridgehead atoms. The van der Waals surface area contributed by atoms with E-state index in [-0.39, 0.29) is 11.9 Å². The number of ether oxygens (including phenoxy) is 1. The first-order valence-corrected chi connectivity index (χ1v) is 6.28. The van der Waals surface area contributed by atoms with E-state index in [9.17, 15) is 4.39 Å². The van der Waals surface area contributed by atoms with Gasteiger partial charge in [-0.05, 0) is 19.8 Å². The molecule has 18 heavy (non-hydrogen) atoms. The first-order chi connectivity index (χ1) is 8.31. The molecule has 3 nitrogen and oxygen atoms in total. The summed E-state index contributed by atoms with van der Waals surface area (Å²) in [4.78, 5) is 2.02. The lowest BCUT2D eigenvalue weighted by molar-refractivity contribution is 0.231. The molecule has 0 aliphatic rings. The maximum absolute atomic E-state index is 13.7. The van der Waals surface area contributed by atoms with Gasteiger partial charge >= 0.3 is 0 Å². The maximum Gasteiger partial charge on any atom is 0.167 e. The molecule has 0 saturated carbocycles. The highest BCUT2D eigenvalue weighted by Crippen LogP contribution is 2.31. The summed E-state index contributed by atoms with van der Waals surface area (Å²) in [6.07, 6.45) is -0.0635. The second kappa shape index (κ2) is 5.94. The van der Waals surface area contributed by atoms with Gasteiger partial charge in [-0.25, -0.2) is 4.39 Å². The minimum absolute atomic E-state index is 0.0635. The lowest BCUT2D eigenvalue weighted by Gasteiger charge is -2.24. The molecule has 2 N–H and O–H groups in total. The van der Waals surface area contributed by atoms with Crippen molar-refractivity contribution in [1.82, 2.24) is 0 Å². The fraction of sp³-hybridized carbons (Fsp3) is 0.571. The zero-order chi connectivity index (χ0) is 13.9. The van der Waals surface area contributed by atoms with Crippen LogP contribution in [-0.4, -0.2) is 19.7 Å². The predicted octanol–water partition coefficient (Wildman–Crippen LogP) is 3.29. The highest BCUT2D eigenvalue weighted by Gasteiger charge is 2.14. The Kier molecular flexibility index (Phi) is 4.82. The highest BCUT2D eigenvalue weighted by atomic mass is 19.1. The van der Waals surface area contributed by atoms with E-state index in [1.807, 2.05) is 25.8 Å². The molecule has 0 radical (unpaired) electrons. The summed E-state index contributed by atoms with van der Waals surface area (Å²) >= 11 is 0. The Hall–Kier alpha value is -1.45. The SMILES string of the molecule is CC(C)CN(C)c1cc(OC(C)C)c(F)cc1N. The van der Waals surface area contributed by atoms with Crippen LogP contribution in [0.1, 0.15) is 27.7 Å². The van der Waals surface area contributed by atoms with Crippen molar-refractivity contribution in [3.8, 4) is 5.75 Å². The first-order valence-electron chi connectivity index (χ1n) is 6.28. The standard InChI is InChI=1S/C14H23FN2O/c1-9(2)8-17(5)13-7-14(18-10(3)4)11(15)6-12(13)16/h6-7,9-10H,8,16H2,1-5H3. The molecule has 0 unspecified atom stereocenters. The van der Waals surface area contributed by atoms with Crippen LogP contribution in [0, 0.1) is 11.7 Å². The van der Waals surface area contributed by atoms with E-state index in [2.05, 4.69) is 13.8 Å². The Morgan fingerprint density at radius 3 is 2.39 bits per heavy atom. The molecule has 4 heteroatoms. The van der Waals surface area contributed by atoms with Crippen molar-refractivity contribution in [1.29, 1.82) is 0 Å². The van der Waals surface area contributed by atoms with Crippen LogP contribution in [0.3, 0.4) is 0 Å². The quantitative estimate of drug-likeness (QED) is 0.819. The lowest BCUT2D eigenvalue weighted by Crippen LogP contribution is -2.23. The Morgan fingerprint density at radius 1 is 1.28 bits per heavy atom. The molecule has 0 fully saturated rings. The largest absolute Gasteiger partial charge is 0.488 e. The molecule has 0 amide bonds. The molecule has 1 aromatic rings. The summed E-state index contributed by atoms with van der Waals surface area (Å²) in [5.41, 5.74) is 7.10. The third kappa shape index (κ3) is 3.79. The van der Waals surface area contributed by atoms with Crippen molar-refractivity contribution >= 4 is 11.4 Å². The lowest BCUT2D eigenvalue weighted by atomic mass is 10.1. The normalized spacial score (nSPS) is 11.1. The van der Waals surface area contributed by atoms with Gasteiger partial charge in [0.2, 0.25) is 0 Å². The molecule has 0 aromatic heterocycles. The van der Waals surface area contributed by atoms with Crippen molar-refractivity contribution < 1.29 is 9.13 Å². The van der Waals surface area contributed by atoms with E-state index in [0.717, 1.165) is 12.2 Å². The number of nitrogens with zero attached hydrogens (tertiary/aromatic N) is 1. The first kappa shape index (κ1) is 14.6. The van der Waals surface area contributed by atoms with Gasteiger partial charge in [0, 0.05) is 25.7 Å². The van der Waals surface area contributed by atoms with E-state index in [1.165, 1.54) is 6.07 Å². The van der Waals surface area contributed by atoms with Crippen molar-refractivity contribution in [2.75, 3.05) is 24.2 Å². The van der Waals surface area contributed by atoms with Crippen LogP contribution in [0.2, 0.25) is 0 Å². The molecule has 0 saturated heterocycles. The van der Waals surface area contributed by atoms with Crippen LogP contribution < -0.4 is 15.4 Å². The topological polar surface area (TPSA) is 38.5 Å². The number of halogens is 1. The minimum Gasteiger partial charge on any atom is -0.488 e. The van der Waals surface area contributed by atoms with Gasteiger partial charge in [0.15, 0.2) is 11.6 Å². The van der Waals surface area contributed by atoms with Gasteiger partial charge in [0.25, 0.3) is 0 Å². The number of hydrogen-bond donors (Lipinski definition) is 1. The van der Waals surface area contributed by atoms with Gasteiger partial charge in [-0.2, -0.15) is 0 Å². The summed E-state index contributed by atoms with van der Waals surface area (Å²) in [5, 5.41) is 0.